The van der Waals surface area contributed by atoms with Gasteiger partial charge in [-0.3, -0.25) is 4.52 Å². The molecule has 0 unspecified atom stereocenters. The molecule has 0 spiro atoms. The van der Waals surface area contributed by atoms with Crippen LogP contribution in [-0.2, 0) is 0 Å². The molecule has 4 rings (SSSR count). The van der Waals surface area contributed by atoms with E-state index in [0.29, 0.717) is 5.16 Å². The molecule has 8 heteroatoms. The maximum atomic E-state index is 12.3. The Morgan fingerprint density at radius 2 is 1.77 bits per heavy atom. The predicted molar refractivity (Wildman–Crippen MR) is 114 cm³/mol. The van der Waals surface area contributed by atoms with Crippen molar-refractivity contribution in [1.29, 1.82) is 0 Å². The standard InChI is InChI=1S/C22H21N5O2S/c1-15(2)27-13-19(29-26-27)23-18(28)14-30-22-24-20(16-9-5-3-6-10-16)21(25-22)17-11-7-4-8-12-17/h3-13,15H,14H2,1-2H3,(H-,23,24,25,26,28). The average molecular weight is 420 g/mol. The zero-order valence-corrected chi connectivity index (χ0v) is 17.5. The third-order valence-corrected chi connectivity index (χ3v) is 5.22. The van der Waals surface area contributed by atoms with Gasteiger partial charge in [0.2, 0.25) is 5.27 Å². The number of thioether (sulfide) groups is 1. The summed E-state index contributed by atoms with van der Waals surface area (Å²) in [7, 11) is 0. The van der Waals surface area contributed by atoms with Crippen LogP contribution < -0.4 is 9.79 Å². The predicted octanol–water partition coefficient (Wildman–Crippen LogP) is 3.78. The molecule has 30 heavy (non-hydrogen) atoms. The van der Waals surface area contributed by atoms with Crippen LogP contribution in [0.2, 0.25) is 0 Å². The third kappa shape index (κ3) is 4.60. The molecule has 4 aromatic rings. The van der Waals surface area contributed by atoms with E-state index in [9.17, 15) is 5.11 Å². The highest BCUT2D eigenvalue weighted by atomic mass is 32.2. The number of benzene rings is 2. The smallest absolute Gasteiger partial charge is 0.320 e. The van der Waals surface area contributed by atoms with Gasteiger partial charge in [-0.25, -0.2) is 9.98 Å². The Morgan fingerprint density at radius 3 is 2.40 bits per heavy atom. The molecule has 2 aromatic heterocycles. The maximum Gasteiger partial charge on any atom is 0.320 e. The van der Waals surface area contributed by atoms with Crippen LogP contribution in [0.25, 0.3) is 22.5 Å². The fourth-order valence-electron chi connectivity index (χ4n) is 2.87. The molecule has 0 saturated heterocycles. The van der Waals surface area contributed by atoms with Crippen LogP contribution in [0.5, 0.6) is 0 Å². The van der Waals surface area contributed by atoms with Crippen molar-refractivity contribution in [3.8, 4) is 22.5 Å². The van der Waals surface area contributed by atoms with E-state index < -0.39 is 0 Å². The second-order valence-electron chi connectivity index (χ2n) is 6.91. The summed E-state index contributed by atoms with van der Waals surface area (Å²) < 4.78 is 6.70. The first-order valence-corrected chi connectivity index (χ1v) is 10.5. The highest BCUT2D eigenvalue weighted by Crippen LogP contribution is 2.32. The monoisotopic (exact) mass is 419 g/mol. The molecule has 0 radical (unpaired) electrons. The van der Waals surface area contributed by atoms with Crippen molar-refractivity contribution in [2.24, 2.45) is 4.99 Å². The molecule has 0 fully saturated rings. The van der Waals surface area contributed by atoms with Gasteiger partial charge in [0.05, 0.1) is 11.4 Å². The molecule has 0 saturated carbocycles. The second kappa shape index (κ2) is 8.96. The summed E-state index contributed by atoms with van der Waals surface area (Å²) in [5, 5.41) is 16.8. The SMILES string of the molecule is CC(C)[n+]1cc(/N=C(\[O-])CSc2nc(-c3ccccc3)c(-c3ccccc3)[nH]2)on1. The minimum absolute atomic E-state index is 0.137. The van der Waals surface area contributed by atoms with Gasteiger partial charge in [0, 0.05) is 16.9 Å². The first-order chi connectivity index (χ1) is 14.6. The molecule has 0 atom stereocenters. The number of aromatic nitrogens is 4. The van der Waals surface area contributed by atoms with Crippen molar-refractivity contribution in [3.05, 3.63) is 66.9 Å². The van der Waals surface area contributed by atoms with Gasteiger partial charge in [-0.1, -0.05) is 72.4 Å². The van der Waals surface area contributed by atoms with Gasteiger partial charge < -0.3 is 10.1 Å². The largest absolute Gasteiger partial charge is 0.861 e. The summed E-state index contributed by atoms with van der Waals surface area (Å²) in [6.07, 6.45) is 1.61. The summed E-state index contributed by atoms with van der Waals surface area (Å²) in [4.78, 5) is 12.1. The number of imidazole rings is 1. The van der Waals surface area contributed by atoms with Crippen LogP contribution in [0, 0.1) is 0 Å². The van der Waals surface area contributed by atoms with Crippen molar-refractivity contribution in [3.63, 3.8) is 0 Å². The molecule has 0 bridgehead atoms. The first-order valence-electron chi connectivity index (χ1n) is 9.56. The Balaban J connectivity index is 1.56. The Morgan fingerprint density at radius 1 is 1.10 bits per heavy atom. The maximum absolute atomic E-state index is 12.3. The summed E-state index contributed by atoms with van der Waals surface area (Å²) >= 11 is 1.31. The summed E-state index contributed by atoms with van der Waals surface area (Å²) in [5.74, 6) is 0.0212. The van der Waals surface area contributed by atoms with Crippen LogP contribution in [0.3, 0.4) is 0 Å². The van der Waals surface area contributed by atoms with E-state index in [1.54, 1.807) is 10.9 Å². The van der Waals surface area contributed by atoms with Crippen LogP contribution in [0.15, 0.2) is 81.5 Å². The molecule has 7 nitrogen and oxygen atoms in total. The fraction of sp³-hybridized carbons (Fsp3) is 0.182. The number of aliphatic imine (C=N–C) groups is 1. The lowest BCUT2D eigenvalue weighted by Gasteiger charge is -2.06. The molecule has 0 amide bonds. The summed E-state index contributed by atoms with van der Waals surface area (Å²) in [5.41, 5.74) is 3.81. The number of hydrogen-bond acceptors (Lipinski definition) is 6. The highest BCUT2D eigenvalue weighted by Gasteiger charge is 2.15. The molecule has 0 aliphatic carbocycles. The second-order valence-corrected chi connectivity index (χ2v) is 7.87. The molecule has 2 heterocycles. The van der Waals surface area contributed by atoms with E-state index in [1.165, 1.54) is 11.8 Å². The third-order valence-electron chi connectivity index (χ3n) is 4.36. The lowest BCUT2D eigenvalue weighted by Crippen LogP contribution is -2.36. The van der Waals surface area contributed by atoms with Crippen molar-refractivity contribution in [2.75, 3.05) is 5.75 Å². The van der Waals surface area contributed by atoms with E-state index in [-0.39, 0.29) is 23.6 Å². The van der Waals surface area contributed by atoms with Gasteiger partial charge in [-0.2, -0.15) is 0 Å². The Hall–Kier alpha value is -3.39. The van der Waals surface area contributed by atoms with Gasteiger partial charge in [0.25, 0.3) is 6.20 Å². The zero-order chi connectivity index (χ0) is 20.9. The lowest BCUT2D eigenvalue weighted by atomic mass is 10.1. The van der Waals surface area contributed by atoms with Crippen molar-refractivity contribution < 1.29 is 14.3 Å². The summed E-state index contributed by atoms with van der Waals surface area (Å²) in [6.45, 7) is 3.94. The van der Waals surface area contributed by atoms with E-state index in [4.69, 9.17) is 9.51 Å². The first kappa shape index (κ1) is 19.9. The molecular weight excluding hydrogens is 398 g/mol. The van der Waals surface area contributed by atoms with Crippen LogP contribution >= 0.6 is 11.8 Å². The topological polar surface area (TPSA) is 94.0 Å². The van der Waals surface area contributed by atoms with Crippen LogP contribution in [0.4, 0.5) is 5.88 Å². The van der Waals surface area contributed by atoms with Gasteiger partial charge >= 0.3 is 5.88 Å². The minimum Gasteiger partial charge on any atom is -0.861 e. The number of nitrogens with one attached hydrogen (secondary N) is 1. The number of rotatable bonds is 7. The molecule has 2 aromatic carbocycles. The molecule has 152 valence electrons. The Bertz CT molecular complexity index is 1080. The van der Waals surface area contributed by atoms with E-state index in [2.05, 4.69) is 15.2 Å². The highest BCUT2D eigenvalue weighted by molar-refractivity contribution is 7.99. The molecule has 0 aliphatic rings. The van der Waals surface area contributed by atoms with Crippen molar-refractivity contribution in [1.82, 2.24) is 15.2 Å². The number of aromatic amines is 1. The van der Waals surface area contributed by atoms with Gasteiger partial charge in [0.1, 0.15) is 0 Å². The fourth-order valence-corrected chi connectivity index (χ4v) is 3.52. The van der Waals surface area contributed by atoms with Gasteiger partial charge in [-0.05, 0) is 24.4 Å². The van der Waals surface area contributed by atoms with Crippen LogP contribution in [-0.4, -0.2) is 26.9 Å². The number of hydrogen-bond donors (Lipinski definition) is 1. The Labute approximate surface area is 178 Å². The minimum atomic E-state index is -0.314. The van der Waals surface area contributed by atoms with Gasteiger partial charge in [-0.15, -0.1) is 0 Å². The normalized spacial score (nSPS) is 11.9. The van der Waals surface area contributed by atoms with Crippen LogP contribution in [0.1, 0.15) is 19.9 Å². The molecule has 0 aliphatic heterocycles. The number of nitrogens with zero attached hydrogens (tertiary/aromatic N) is 4. The van der Waals surface area contributed by atoms with E-state index in [1.807, 2.05) is 74.5 Å². The lowest BCUT2D eigenvalue weighted by molar-refractivity contribution is -0.779. The molecular formula is C22H21N5O2S. The van der Waals surface area contributed by atoms with E-state index >= 15 is 0 Å². The number of H-pyrrole nitrogens is 1. The zero-order valence-electron chi connectivity index (χ0n) is 16.6. The van der Waals surface area contributed by atoms with Crippen molar-refractivity contribution >= 4 is 23.5 Å². The average Bonchev–Trinajstić information content (AvgIpc) is 3.41. The molecule has 1 N–H and O–H groups in total. The quantitative estimate of drug-likeness (QED) is 0.213. The Kier molecular flexibility index (Phi) is 5.94. The summed E-state index contributed by atoms with van der Waals surface area (Å²) in [6, 6.07) is 20.1. The van der Waals surface area contributed by atoms with Gasteiger partial charge in [0.15, 0.2) is 11.2 Å². The van der Waals surface area contributed by atoms with E-state index in [0.717, 1.165) is 22.5 Å². The van der Waals surface area contributed by atoms with Crippen molar-refractivity contribution in [2.45, 2.75) is 25.0 Å².